The van der Waals surface area contributed by atoms with E-state index in [9.17, 15) is 9.18 Å². The number of ether oxygens (including phenoxy) is 1. The number of halogens is 2. The van der Waals surface area contributed by atoms with Crippen molar-refractivity contribution >= 4 is 18.3 Å². The van der Waals surface area contributed by atoms with Crippen LogP contribution >= 0.6 is 12.4 Å². The Labute approximate surface area is 159 Å². The molecule has 0 saturated carbocycles. The molecule has 1 saturated heterocycles. The Bertz CT molecular complexity index is 752. The summed E-state index contributed by atoms with van der Waals surface area (Å²) in [7, 11) is 3.47. The first kappa shape index (κ1) is 20.2. The Balaban J connectivity index is 0.00000243. The average Bonchev–Trinajstić information content (AvgIpc) is 3.10. The summed E-state index contributed by atoms with van der Waals surface area (Å²) in [5.41, 5.74) is 1.76. The van der Waals surface area contributed by atoms with E-state index in [0.717, 1.165) is 36.3 Å². The van der Waals surface area contributed by atoms with Crippen molar-refractivity contribution in [3.8, 4) is 16.9 Å². The van der Waals surface area contributed by atoms with E-state index in [1.54, 1.807) is 24.1 Å². The van der Waals surface area contributed by atoms with Crippen molar-refractivity contribution in [1.29, 1.82) is 0 Å². The van der Waals surface area contributed by atoms with Crippen molar-refractivity contribution in [3.05, 3.63) is 53.8 Å². The molecule has 0 aliphatic carbocycles. The highest BCUT2D eigenvalue weighted by atomic mass is 35.5. The third-order valence-corrected chi connectivity index (χ3v) is 4.70. The van der Waals surface area contributed by atoms with Crippen LogP contribution in [0.25, 0.3) is 11.1 Å². The number of rotatable bonds is 5. The van der Waals surface area contributed by atoms with Gasteiger partial charge in [-0.3, -0.25) is 4.79 Å². The lowest BCUT2D eigenvalue weighted by molar-refractivity contribution is 0.0732. The first-order chi connectivity index (χ1) is 12.1. The zero-order valence-corrected chi connectivity index (χ0v) is 15.8. The molecular formula is C20H24ClFN2O2. The van der Waals surface area contributed by atoms with Crippen molar-refractivity contribution in [2.75, 3.05) is 27.2 Å². The van der Waals surface area contributed by atoms with Gasteiger partial charge in [0.15, 0.2) is 0 Å². The van der Waals surface area contributed by atoms with Gasteiger partial charge in [0, 0.05) is 19.1 Å². The van der Waals surface area contributed by atoms with E-state index >= 15 is 0 Å². The van der Waals surface area contributed by atoms with Gasteiger partial charge < -0.3 is 15.0 Å². The second-order valence-corrected chi connectivity index (χ2v) is 6.28. The number of nitrogens with one attached hydrogen (secondary N) is 1. The minimum atomic E-state index is -0.478. The highest BCUT2D eigenvalue weighted by Gasteiger charge is 2.30. The molecule has 1 heterocycles. The van der Waals surface area contributed by atoms with Crippen LogP contribution < -0.4 is 10.1 Å². The summed E-state index contributed by atoms with van der Waals surface area (Å²) in [5.74, 6) is 0.0468. The number of carbonyl (C=O) groups is 1. The second-order valence-electron chi connectivity index (χ2n) is 6.28. The van der Waals surface area contributed by atoms with Crippen LogP contribution in [0.4, 0.5) is 4.39 Å². The van der Waals surface area contributed by atoms with Gasteiger partial charge in [0.25, 0.3) is 5.91 Å². The molecule has 1 fully saturated rings. The highest BCUT2D eigenvalue weighted by Crippen LogP contribution is 2.26. The molecule has 1 aliphatic heterocycles. The molecular weight excluding hydrogens is 355 g/mol. The van der Waals surface area contributed by atoms with E-state index < -0.39 is 5.82 Å². The number of methoxy groups -OCH3 is 1. The van der Waals surface area contributed by atoms with Crippen molar-refractivity contribution in [2.45, 2.75) is 18.9 Å². The summed E-state index contributed by atoms with van der Waals surface area (Å²) in [4.78, 5) is 14.5. The molecule has 0 aromatic heterocycles. The molecule has 0 radical (unpaired) electrons. The van der Waals surface area contributed by atoms with E-state index in [1.165, 1.54) is 6.07 Å². The standard InChI is InChI=1S/C20H23FN2O2.ClH/c1-22-13-16-4-3-11-23(16)20(24)18-10-7-15(12-19(18)21)14-5-8-17(25-2)9-6-14;/h5-10,12,16,22H,3-4,11,13H2,1-2H3;1H. The average molecular weight is 379 g/mol. The largest absolute Gasteiger partial charge is 0.497 e. The van der Waals surface area contributed by atoms with Crippen LogP contribution in [0.3, 0.4) is 0 Å². The van der Waals surface area contributed by atoms with Crippen LogP contribution in [0, 0.1) is 5.82 Å². The van der Waals surface area contributed by atoms with Gasteiger partial charge in [0.1, 0.15) is 11.6 Å². The third-order valence-electron chi connectivity index (χ3n) is 4.70. The van der Waals surface area contributed by atoms with E-state index in [1.807, 2.05) is 31.3 Å². The van der Waals surface area contributed by atoms with E-state index in [2.05, 4.69) is 5.32 Å². The number of likely N-dealkylation sites (N-methyl/N-ethyl adjacent to an activating group) is 1. The van der Waals surface area contributed by atoms with E-state index in [4.69, 9.17) is 4.74 Å². The SMILES string of the molecule is CNCC1CCCN1C(=O)c1ccc(-c2ccc(OC)cc2)cc1F.Cl. The van der Waals surface area contributed by atoms with Crippen LogP contribution in [0.2, 0.25) is 0 Å². The number of likely N-dealkylation sites (tertiary alicyclic amines) is 1. The summed E-state index contributed by atoms with van der Waals surface area (Å²) < 4.78 is 19.7. The minimum absolute atomic E-state index is 0. The zero-order valence-electron chi connectivity index (χ0n) is 15.0. The number of hydrogen-bond acceptors (Lipinski definition) is 3. The predicted molar refractivity (Wildman–Crippen MR) is 104 cm³/mol. The number of hydrogen-bond donors (Lipinski definition) is 1. The first-order valence-corrected chi connectivity index (χ1v) is 8.53. The Morgan fingerprint density at radius 2 is 1.92 bits per heavy atom. The topological polar surface area (TPSA) is 41.6 Å². The Hall–Kier alpha value is -2.11. The lowest BCUT2D eigenvalue weighted by Crippen LogP contribution is -2.41. The highest BCUT2D eigenvalue weighted by molar-refractivity contribution is 5.95. The number of benzene rings is 2. The molecule has 140 valence electrons. The molecule has 1 amide bonds. The van der Waals surface area contributed by atoms with Gasteiger partial charge in [-0.05, 0) is 55.3 Å². The van der Waals surface area contributed by atoms with Gasteiger partial charge in [-0.2, -0.15) is 0 Å². The predicted octanol–water partition coefficient (Wildman–Crippen LogP) is 3.75. The molecule has 4 nitrogen and oxygen atoms in total. The van der Waals surface area contributed by atoms with Crippen molar-refractivity contribution in [2.24, 2.45) is 0 Å². The molecule has 1 aliphatic rings. The molecule has 2 aromatic rings. The van der Waals surface area contributed by atoms with Crippen LogP contribution in [0.5, 0.6) is 5.75 Å². The molecule has 1 unspecified atom stereocenters. The van der Waals surface area contributed by atoms with Gasteiger partial charge in [-0.15, -0.1) is 12.4 Å². The number of amides is 1. The van der Waals surface area contributed by atoms with Crippen LogP contribution in [0.15, 0.2) is 42.5 Å². The van der Waals surface area contributed by atoms with Crippen molar-refractivity contribution in [3.63, 3.8) is 0 Å². The Morgan fingerprint density at radius 3 is 2.54 bits per heavy atom. The normalized spacial score (nSPS) is 16.3. The minimum Gasteiger partial charge on any atom is -0.497 e. The number of carbonyl (C=O) groups excluding carboxylic acids is 1. The van der Waals surface area contributed by atoms with Crippen LogP contribution in [-0.4, -0.2) is 44.1 Å². The van der Waals surface area contributed by atoms with Crippen molar-refractivity contribution < 1.29 is 13.9 Å². The smallest absolute Gasteiger partial charge is 0.257 e. The molecule has 3 rings (SSSR count). The summed E-state index contributed by atoms with van der Waals surface area (Å²) in [5, 5.41) is 3.10. The van der Waals surface area contributed by atoms with E-state index in [-0.39, 0.29) is 29.9 Å². The summed E-state index contributed by atoms with van der Waals surface area (Å²) in [6.45, 7) is 1.42. The summed E-state index contributed by atoms with van der Waals surface area (Å²) >= 11 is 0. The lowest BCUT2D eigenvalue weighted by atomic mass is 10.0. The fraction of sp³-hybridized carbons (Fsp3) is 0.350. The monoisotopic (exact) mass is 378 g/mol. The van der Waals surface area contributed by atoms with Gasteiger partial charge in [-0.1, -0.05) is 18.2 Å². The molecule has 6 heteroatoms. The maximum absolute atomic E-state index is 14.6. The first-order valence-electron chi connectivity index (χ1n) is 8.53. The van der Waals surface area contributed by atoms with Crippen molar-refractivity contribution in [1.82, 2.24) is 10.2 Å². The number of nitrogens with zero attached hydrogens (tertiary/aromatic N) is 1. The van der Waals surface area contributed by atoms with Crippen LogP contribution in [-0.2, 0) is 0 Å². The lowest BCUT2D eigenvalue weighted by Gasteiger charge is -2.25. The second kappa shape index (κ2) is 9.01. The summed E-state index contributed by atoms with van der Waals surface area (Å²) in [6, 6.07) is 12.4. The zero-order chi connectivity index (χ0) is 17.8. The maximum Gasteiger partial charge on any atom is 0.257 e. The van der Waals surface area contributed by atoms with Gasteiger partial charge >= 0.3 is 0 Å². The molecule has 1 N–H and O–H groups in total. The Morgan fingerprint density at radius 1 is 1.23 bits per heavy atom. The molecule has 0 bridgehead atoms. The molecule has 0 spiro atoms. The molecule has 26 heavy (non-hydrogen) atoms. The van der Waals surface area contributed by atoms with Gasteiger partial charge in [0.2, 0.25) is 0 Å². The van der Waals surface area contributed by atoms with Gasteiger partial charge in [-0.25, -0.2) is 4.39 Å². The quantitative estimate of drug-likeness (QED) is 0.861. The maximum atomic E-state index is 14.6. The fourth-order valence-electron chi connectivity index (χ4n) is 3.36. The fourth-order valence-corrected chi connectivity index (χ4v) is 3.36. The third kappa shape index (κ3) is 4.17. The molecule has 1 atom stereocenters. The summed E-state index contributed by atoms with van der Waals surface area (Å²) in [6.07, 6.45) is 1.92. The van der Waals surface area contributed by atoms with Crippen LogP contribution in [0.1, 0.15) is 23.2 Å². The Kier molecular flexibility index (Phi) is 7.00. The molecule has 2 aromatic carbocycles. The van der Waals surface area contributed by atoms with E-state index in [0.29, 0.717) is 6.54 Å². The van der Waals surface area contributed by atoms with Gasteiger partial charge in [0.05, 0.1) is 12.7 Å².